The van der Waals surface area contributed by atoms with Crippen molar-refractivity contribution in [1.29, 1.82) is 0 Å². The Morgan fingerprint density at radius 1 is 1.00 bits per heavy atom. The number of hydrogen-bond donors (Lipinski definition) is 5. The number of amides is 4. The Morgan fingerprint density at radius 2 is 1.69 bits per heavy atom. The second-order valence-corrected chi connectivity index (χ2v) is 7.59. The summed E-state index contributed by atoms with van der Waals surface area (Å²) in [5.41, 5.74) is 1.29. The summed E-state index contributed by atoms with van der Waals surface area (Å²) in [6.45, 7) is 1.43. The Balaban J connectivity index is 1.87. The predicted octanol–water partition coefficient (Wildman–Crippen LogP) is 3.02. The van der Waals surface area contributed by atoms with Gasteiger partial charge >= 0.3 is 12.0 Å². The molecule has 11 heteroatoms. The lowest BCUT2D eigenvalue weighted by molar-refractivity contribution is -0.141. The molecule has 32 heavy (non-hydrogen) atoms. The Bertz CT molecular complexity index is 995. The zero-order valence-electron chi connectivity index (χ0n) is 17.1. The Hall–Kier alpha value is -3.30. The van der Waals surface area contributed by atoms with Gasteiger partial charge in [-0.05, 0) is 48.4 Å². The molecule has 0 radical (unpaired) electrons. The number of carbonyl (C=O) groups excluding carboxylic acids is 3. The van der Waals surface area contributed by atoms with E-state index in [1.54, 1.807) is 37.3 Å². The minimum atomic E-state index is -1.15. The average molecular weight is 481 g/mol. The van der Waals surface area contributed by atoms with Gasteiger partial charge in [0.25, 0.3) is 5.91 Å². The SMILES string of the molecule is CCC(NC(=O)CNC(=O)c1cccc(NC(=O)NCc2cc(Cl)cc(Cl)c2)c1)C(=O)O. The van der Waals surface area contributed by atoms with E-state index in [4.69, 9.17) is 28.3 Å². The van der Waals surface area contributed by atoms with Gasteiger partial charge < -0.3 is 26.4 Å². The molecule has 0 aliphatic heterocycles. The summed E-state index contributed by atoms with van der Waals surface area (Å²) in [5.74, 6) is -2.33. The van der Waals surface area contributed by atoms with Crippen LogP contribution in [0.3, 0.4) is 0 Å². The maximum absolute atomic E-state index is 12.3. The standard InChI is InChI=1S/C21H22Cl2N4O5/c1-2-17(20(30)31)27-18(28)11-24-19(29)13-4-3-5-16(8-13)26-21(32)25-10-12-6-14(22)9-15(23)7-12/h3-9,17H,2,10-11H2,1H3,(H,24,29)(H,27,28)(H,30,31)(H2,25,26,32). The third-order valence-corrected chi connectivity index (χ3v) is 4.65. The van der Waals surface area contributed by atoms with Crippen molar-refractivity contribution in [3.05, 3.63) is 63.6 Å². The molecule has 0 heterocycles. The third kappa shape index (κ3) is 8.09. The molecule has 0 fully saturated rings. The summed E-state index contributed by atoms with van der Waals surface area (Å²) in [6, 6.07) is 9.52. The number of rotatable bonds is 9. The van der Waals surface area contributed by atoms with Crippen LogP contribution >= 0.6 is 23.2 Å². The van der Waals surface area contributed by atoms with Crippen LogP contribution in [-0.2, 0) is 16.1 Å². The van der Waals surface area contributed by atoms with Crippen molar-refractivity contribution >= 4 is 52.7 Å². The van der Waals surface area contributed by atoms with Gasteiger partial charge in [-0.1, -0.05) is 36.2 Å². The van der Waals surface area contributed by atoms with E-state index < -0.39 is 29.9 Å². The van der Waals surface area contributed by atoms with Gasteiger partial charge in [0.15, 0.2) is 0 Å². The highest BCUT2D eigenvalue weighted by Gasteiger charge is 2.18. The summed E-state index contributed by atoms with van der Waals surface area (Å²) >= 11 is 11.9. The zero-order valence-corrected chi connectivity index (χ0v) is 18.6. The first-order chi connectivity index (χ1) is 15.2. The normalized spacial score (nSPS) is 11.2. The molecule has 0 bridgehead atoms. The van der Waals surface area contributed by atoms with Crippen LogP contribution in [0.1, 0.15) is 29.3 Å². The number of halogens is 2. The number of benzene rings is 2. The average Bonchev–Trinajstić information content (AvgIpc) is 2.73. The van der Waals surface area contributed by atoms with Crippen molar-refractivity contribution in [3.8, 4) is 0 Å². The van der Waals surface area contributed by atoms with Crippen LogP contribution in [0.15, 0.2) is 42.5 Å². The molecule has 0 spiro atoms. The topological polar surface area (TPSA) is 137 Å². The highest BCUT2D eigenvalue weighted by atomic mass is 35.5. The van der Waals surface area contributed by atoms with Crippen LogP contribution in [0.2, 0.25) is 10.0 Å². The number of hydrogen-bond acceptors (Lipinski definition) is 4. The molecule has 0 aliphatic carbocycles. The van der Waals surface area contributed by atoms with Gasteiger partial charge in [-0.2, -0.15) is 0 Å². The Morgan fingerprint density at radius 3 is 2.31 bits per heavy atom. The maximum Gasteiger partial charge on any atom is 0.326 e. The molecule has 4 amide bonds. The van der Waals surface area contributed by atoms with Crippen LogP contribution in [-0.4, -0.2) is 41.5 Å². The fraction of sp³-hybridized carbons (Fsp3) is 0.238. The minimum Gasteiger partial charge on any atom is -0.480 e. The van der Waals surface area contributed by atoms with Crippen LogP contribution in [0.25, 0.3) is 0 Å². The van der Waals surface area contributed by atoms with Gasteiger partial charge in [0.2, 0.25) is 5.91 Å². The third-order valence-electron chi connectivity index (χ3n) is 4.21. The fourth-order valence-electron chi connectivity index (χ4n) is 2.66. The van der Waals surface area contributed by atoms with Crippen LogP contribution in [0, 0.1) is 0 Å². The van der Waals surface area contributed by atoms with E-state index in [2.05, 4.69) is 21.3 Å². The summed E-state index contributed by atoms with van der Waals surface area (Å²) in [5, 5.41) is 19.8. The molecule has 0 saturated heterocycles. The van der Waals surface area contributed by atoms with E-state index in [9.17, 15) is 19.2 Å². The van der Waals surface area contributed by atoms with Gasteiger partial charge in [-0.3, -0.25) is 9.59 Å². The van der Waals surface area contributed by atoms with Crippen molar-refractivity contribution in [2.45, 2.75) is 25.9 Å². The number of carbonyl (C=O) groups is 4. The zero-order chi connectivity index (χ0) is 23.7. The Kier molecular flexibility index (Phi) is 9.30. The Labute approximate surface area is 194 Å². The molecule has 0 saturated carbocycles. The smallest absolute Gasteiger partial charge is 0.326 e. The molecule has 5 N–H and O–H groups in total. The maximum atomic E-state index is 12.3. The monoisotopic (exact) mass is 480 g/mol. The van der Waals surface area contributed by atoms with E-state index in [0.29, 0.717) is 15.7 Å². The molecular formula is C21H22Cl2N4O5. The summed E-state index contributed by atoms with van der Waals surface area (Å²) < 4.78 is 0. The molecule has 2 rings (SSSR count). The van der Waals surface area contributed by atoms with Gasteiger partial charge in [0.1, 0.15) is 6.04 Å². The molecule has 9 nitrogen and oxygen atoms in total. The lowest BCUT2D eigenvalue weighted by atomic mass is 10.2. The number of aliphatic carboxylic acids is 1. The number of urea groups is 1. The number of carboxylic acids is 1. The largest absolute Gasteiger partial charge is 0.480 e. The number of nitrogens with one attached hydrogen (secondary N) is 4. The molecule has 2 aromatic rings. The second-order valence-electron chi connectivity index (χ2n) is 6.72. The molecule has 0 aromatic heterocycles. The van der Waals surface area contributed by atoms with Crippen molar-refractivity contribution in [2.24, 2.45) is 0 Å². The quantitative estimate of drug-likeness (QED) is 0.375. The van der Waals surface area contributed by atoms with Gasteiger partial charge in [0, 0.05) is 27.8 Å². The van der Waals surface area contributed by atoms with Gasteiger partial charge in [-0.25, -0.2) is 9.59 Å². The van der Waals surface area contributed by atoms with E-state index >= 15 is 0 Å². The highest BCUT2D eigenvalue weighted by molar-refractivity contribution is 6.34. The lowest BCUT2D eigenvalue weighted by Crippen LogP contribution is -2.45. The van der Waals surface area contributed by atoms with Crippen LogP contribution in [0.5, 0.6) is 0 Å². The van der Waals surface area contributed by atoms with E-state index in [1.807, 2.05) is 0 Å². The van der Waals surface area contributed by atoms with Crippen molar-refractivity contribution in [3.63, 3.8) is 0 Å². The highest BCUT2D eigenvalue weighted by Crippen LogP contribution is 2.19. The molecular weight excluding hydrogens is 459 g/mol. The van der Waals surface area contributed by atoms with Crippen molar-refractivity contribution in [2.75, 3.05) is 11.9 Å². The van der Waals surface area contributed by atoms with E-state index in [-0.39, 0.29) is 25.1 Å². The number of carboxylic acid groups (broad SMARTS) is 1. The number of anilines is 1. The molecule has 1 unspecified atom stereocenters. The first-order valence-electron chi connectivity index (χ1n) is 9.58. The van der Waals surface area contributed by atoms with Crippen molar-refractivity contribution < 1.29 is 24.3 Å². The summed E-state index contributed by atoms with van der Waals surface area (Å²) in [4.78, 5) is 47.2. The van der Waals surface area contributed by atoms with E-state index in [1.165, 1.54) is 12.1 Å². The molecule has 2 aromatic carbocycles. The lowest BCUT2D eigenvalue weighted by Gasteiger charge is -2.13. The van der Waals surface area contributed by atoms with Crippen LogP contribution < -0.4 is 21.3 Å². The fourth-order valence-corrected chi connectivity index (χ4v) is 3.23. The molecule has 0 aliphatic rings. The minimum absolute atomic E-state index is 0.191. The summed E-state index contributed by atoms with van der Waals surface area (Å²) in [7, 11) is 0. The van der Waals surface area contributed by atoms with Crippen molar-refractivity contribution in [1.82, 2.24) is 16.0 Å². The van der Waals surface area contributed by atoms with Gasteiger partial charge in [-0.15, -0.1) is 0 Å². The first kappa shape index (κ1) is 25.0. The van der Waals surface area contributed by atoms with Crippen LogP contribution in [0.4, 0.5) is 10.5 Å². The second kappa shape index (κ2) is 11.9. The molecule has 1 atom stereocenters. The van der Waals surface area contributed by atoms with E-state index in [0.717, 1.165) is 5.56 Å². The first-order valence-corrected chi connectivity index (χ1v) is 10.3. The predicted molar refractivity (Wildman–Crippen MR) is 121 cm³/mol. The summed E-state index contributed by atoms with van der Waals surface area (Å²) in [6.07, 6.45) is 0.217. The van der Waals surface area contributed by atoms with Gasteiger partial charge in [0.05, 0.1) is 6.54 Å². The molecule has 170 valence electrons.